The van der Waals surface area contributed by atoms with E-state index in [1.807, 2.05) is 12.1 Å². The van der Waals surface area contributed by atoms with E-state index in [-0.39, 0.29) is 18.4 Å². The molecule has 3 heteroatoms. The van der Waals surface area contributed by atoms with Crippen molar-refractivity contribution in [1.29, 1.82) is 0 Å². The molecule has 1 rings (SSSR count). The summed E-state index contributed by atoms with van der Waals surface area (Å²) in [7, 11) is 1.63. The maximum absolute atomic E-state index is 4.86. The molecule has 13 heavy (non-hydrogen) atoms. The Morgan fingerprint density at radius 3 is 2.46 bits per heavy atom. The fourth-order valence-electron chi connectivity index (χ4n) is 1.31. The van der Waals surface area contributed by atoms with E-state index in [0.29, 0.717) is 0 Å². The number of hydrogen-bond acceptors (Lipinski definition) is 2. The van der Waals surface area contributed by atoms with Crippen LogP contribution < -0.4 is 5.48 Å². The minimum absolute atomic E-state index is 0. The van der Waals surface area contributed by atoms with Crippen molar-refractivity contribution in [3.8, 4) is 0 Å². The van der Waals surface area contributed by atoms with Crippen molar-refractivity contribution in [1.82, 2.24) is 5.48 Å². The molecule has 0 aliphatic carbocycles. The highest BCUT2D eigenvalue weighted by atomic mass is 35.5. The van der Waals surface area contributed by atoms with Gasteiger partial charge >= 0.3 is 0 Å². The van der Waals surface area contributed by atoms with Gasteiger partial charge in [0.05, 0.1) is 13.2 Å². The Hall–Kier alpha value is -0.570. The van der Waals surface area contributed by atoms with Crippen LogP contribution in [0.3, 0.4) is 0 Å². The molecule has 0 aliphatic heterocycles. The number of benzene rings is 1. The molecule has 1 unspecified atom stereocenters. The highest BCUT2D eigenvalue weighted by molar-refractivity contribution is 5.85. The quantitative estimate of drug-likeness (QED) is 0.760. The summed E-state index contributed by atoms with van der Waals surface area (Å²) in [4.78, 5) is 4.86. The van der Waals surface area contributed by atoms with Crippen LogP contribution >= 0.6 is 12.4 Å². The van der Waals surface area contributed by atoms with Crippen molar-refractivity contribution in [2.75, 3.05) is 7.11 Å². The number of aryl methyl sites for hydroxylation is 1. The van der Waals surface area contributed by atoms with Gasteiger partial charge in [0.15, 0.2) is 0 Å². The molecule has 0 bridgehead atoms. The SMILES string of the molecule is CONC(C)c1ccccc1C.Cl. The lowest BCUT2D eigenvalue weighted by Gasteiger charge is -2.14. The molecular weight excluding hydrogens is 186 g/mol. The smallest absolute Gasteiger partial charge is 0.0572 e. The minimum Gasteiger partial charge on any atom is -0.305 e. The Balaban J connectivity index is 0.00000144. The Bertz CT molecular complexity index is 252. The first-order chi connectivity index (χ1) is 5.75. The zero-order chi connectivity index (χ0) is 8.97. The van der Waals surface area contributed by atoms with E-state index in [4.69, 9.17) is 4.84 Å². The van der Waals surface area contributed by atoms with Crippen LogP contribution in [-0.4, -0.2) is 7.11 Å². The average molecular weight is 202 g/mol. The van der Waals surface area contributed by atoms with Crippen LogP contribution in [0.1, 0.15) is 24.1 Å². The number of rotatable bonds is 3. The van der Waals surface area contributed by atoms with Gasteiger partial charge in [-0.25, -0.2) is 0 Å². The summed E-state index contributed by atoms with van der Waals surface area (Å²) in [6, 6.07) is 8.53. The third-order valence-corrected chi connectivity index (χ3v) is 1.95. The van der Waals surface area contributed by atoms with E-state index in [1.165, 1.54) is 11.1 Å². The second-order valence-corrected chi connectivity index (χ2v) is 2.90. The third kappa shape index (κ3) is 3.35. The summed E-state index contributed by atoms with van der Waals surface area (Å²) in [5.74, 6) is 0. The van der Waals surface area contributed by atoms with E-state index in [9.17, 15) is 0 Å². The first-order valence-corrected chi connectivity index (χ1v) is 4.09. The molecule has 1 aromatic rings. The van der Waals surface area contributed by atoms with Crippen LogP contribution in [0.5, 0.6) is 0 Å². The molecule has 0 heterocycles. The van der Waals surface area contributed by atoms with Crippen LogP contribution in [0.15, 0.2) is 24.3 Å². The minimum atomic E-state index is 0. The van der Waals surface area contributed by atoms with Crippen molar-refractivity contribution in [3.63, 3.8) is 0 Å². The zero-order valence-corrected chi connectivity index (χ0v) is 9.02. The lowest BCUT2D eigenvalue weighted by atomic mass is 10.0. The molecule has 0 radical (unpaired) electrons. The fraction of sp³-hybridized carbons (Fsp3) is 0.400. The molecule has 0 spiro atoms. The van der Waals surface area contributed by atoms with Gasteiger partial charge in [-0.15, -0.1) is 12.4 Å². The second-order valence-electron chi connectivity index (χ2n) is 2.90. The Labute approximate surface area is 85.7 Å². The first kappa shape index (κ1) is 12.4. The number of nitrogens with one attached hydrogen (secondary N) is 1. The van der Waals surface area contributed by atoms with E-state index in [1.54, 1.807) is 7.11 Å². The Morgan fingerprint density at radius 1 is 1.31 bits per heavy atom. The van der Waals surface area contributed by atoms with Crippen LogP contribution in [0, 0.1) is 6.92 Å². The van der Waals surface area contributed by atoms with Crippen LogP contribution in [0.25, 0.3) is 0 Å². The average Bonchev–Trinajstić information content (AvgIpc) is 2.05. The van der Waals surface area contributed by atoms with Crippen molar-refractivity contribution >= 4 is 12.4 Å². The Kier molecular flexibility index (Phi) is 5.71. The lowest BCUT2D eigenvalue weighted by molar-refractivity contribution is 0.0657. The van der Waals surface area contributed by atoms with Crippen molar-refractivity contribution < 1.29 is 4.84 Å². The number of hydrogen-bond donors (Lipinski definition) is 1. The fourth-order valence-corrected chi connectivity index (χ4v) is 1.31. The summed E-state index contributed by atoms with van der Waals surface area (Å²) >= 11 is 0. The highest BCUT2D eigenvalue weighted by Crippen LogP contribution is 2.15. The van der Waals surface area contributed by atoms with E-state index >= 15 is 0 Å². The Morgan fingerprint density at radius 2 is 1.92 bits per heavy atom. The van der Waals surface area contributed by atoms with Crippen molar-refractivity contribution in [2.45, 2.75) is 19.9 Å². The van der Waals surface area contributed by atoms with E-state index in [2.05, 4.69) is 31.5 Å². The topological polar surface area (TPSA) is 21.3 Å². The predicted molar refractivity (Wildman–Crippen MR) is 57.0 cm³/mol. The second kappa shape index (κ2) is 5.97. The van der Waals surface area contributed by atoms with E-state index in [0.717, 1.165) is 0 Å². The number of hydroxylamine groups is 1. The van der Waals surface area contributed by atoms with Crippen molar-refractivity contribution in [3.05, 3.63) is 35.4 Å². The highest BCUT2D eigenvalue weighted by Gasteiger charge is 2.05. The number of halogens is 1. The molecule has 0 saturated carbocycles. The van der Waals surface area contributed by atoms with Gasteiger partial charge in [0, 0.05) is 0 Å². The van der Waals surface area contributed by atoms with Crippen LogP contribution in [-0.2, 0) is 4.84 Å². The molecular formula is C10H16ClNO. The van der Waals surface area contributed by atoms with Gasteiger partial charge < -0.3 is 4.84 Å². The van der Waals surface area contributed by atoms with Crippen LogP contribution in [0.4, 0.5) is 0 Å². The summed E-state index contributed by atoms with van der Waals surface area (Å²) in [6.07, 6.45) is 0. The van der Waals surface area contributed by atoms with Gasteiger partial charge in [0.1, 0.15) is 0 Å². The standard InChI is InChI=1S/C10H15NO.ClH/c1-8-6-4-5-7-10(8)9(2)11-12-3;/h4-7,9,11H,1-3H3;1H. The third-order valence-electron chi connectivity index (χ3n) is 1.95. The molecule has 1 atom stereocenters. The molecule has 0 amide bonds. The summed E-state index contributed by atoms with van der Waals surface area (Å²) in [5.41, 5.74) is 5.47. The van der Waals surface area contributed by atoms with Gasteiger partial charge in [-0.05, 0) is 25.0 Å². The van der Waals surface area contributed by atoms with Gasteiger partial charge in [0.25, 0.3) is 0 Å². The van der Waals surface area contributed by atoms with Gasteiger partial charge in [-0.1, -0.05) is 24.3 Å². The molecule has 2 nitrogen and oxygen atoms in total. The maximum atomic E-state index is 4.86. The summed E-state index contributed by atoms with van der Waals surface area (Å²) < 4.78 is 0. The van der Waals surface area contributed by atoms with E-state index < -0.39 is 0 Å². The zero-order valence-electron chi connectivity index (χ0n) is 8.20. The summed E-state index contributed by atoms with van der Waals surface area (Å²) in [6.45, 7) is 4.18. The molecule has 0 aliphatic rings. The predicted octanol–water partition coefficient (Wildman–Crippen LogP) is 2.63. The largest absolute Gasteiger partial charge is 0.305 e. The maximum Gasteiger partial charge on any atom is 0.0572 e. The first-order valence-electron chi connectivity index (χ1n) is 4.09. The van der Waals surface area contributed by atoms with Gasteiger partial charge in [0.2, 0.25) is 0 Å². The normalized spacial score (nSPS) is 11.9. The van der Waals surface area contributed by atoms with Gasteiger partial charge in [-0.2, -0.15) is 5.48 Å². The molecule has 74 valence electrons. The molecule has 1 N–H and O–H groups in total. The van der Waals surface area contributed by atoms with Gasteiger partial charge in [-0.3, -0.25) is 0 Å². The molecule has 0 fully saturated rings. The lowest BCUT2D eigenvalue weighted by Crippen LogP contribution is -2.17. The summed E-state index contributed by atoms with van der Waals surface area (Å²) in [5, 5.41) is 0. The van der Waals surface area contributed by atoms with Crippen molar-refractivity contribution in [2.24, 2.45) is 0 Å². The molecule has 1 aromatic carbocycles. The molecule has 0 aromatic heterocycles. The monoisotopic (exact) mass is 201 g/mol. The van der Waals surface area contributed by atoms with Crippen LogP contribution in [0.2, 0.25) is 0 Å². The molecule has 0 saturated heterocycles.